The average Bonchev–Trinajstić information content (AvgIpc) is 3.41. The van der Waals surface area contributed by atoms with Gasteiger partial charge in [0.15, 0.2) is 5.82 Å². The number of benzene rings is 2. The summed E-state index contributed by atoms with van der Waals surface area (Å²) >= 11 is 0. The lowest BCUT2D eigenvalue weighted by atomic mass is 9.84. The predicted octanol–water partition coefficient (Wildman–Crippen LogP) is 4.69. The Labute approximate surface area is 206 Å². The van der Waals surface area contributed by atoms with E-state index in [0.717, 1.165) is 59.8 Å². The number of carbonyl (C=O) groups is 1. The van der Waals surface area contributed by atoms with E-state index in [1.54, 1.807) is 0 Å². The van der Waals surface area contributed by atoms with Crippen LogP contribution in [0.4, 0.5) is 0 Å². The molecule has 1 fully saturated rings. The molecular weight excluding hydrogens is 440 g/mol. The van der Waals surface area contributed by atoms with Gasteiger partial charge in [0.05, 0.1) is 6.61 Å². The van der Waals surface area contributed by atoms with Gasteiger partial charge in [-0.15, -0.1) is 10.2 Å². The van der Waals surface area contributed by atoms with Gasteiger partial charge in [0.2, 0.25) is 0 Å². The molecule has 184 valence electrons. The van der Waals surface area contributed by atoms with E-state index in [1.807, 2.05) is 42.3 Å². The standard InChI is InChI=1S/C28H34N4O3/c1-18(2)21-5-4-6-24(14-21)35-17-26-29-30-27(31(26)3)20-8-10-23(11-9-20)32-15-22-13-19(16-33)7-12-25(22)28(32)34/h4-7,12-14,18,20,23,33H,8-11,15-17H2,1-3H3. The van der Waals surface area contributed by atoms with Crippen LogP contribution in [0, 0.1) is 0 Å². The molecule has 1 N–H and O–H groups in total. The first-order valence-electron chi connectivity index (χ1n) is 12.6. The van der Waals surface area contributed by atoms with Gasteiger partial charge in [-0.2, -0.15) is 0 Å². The van der Waals surface area contributed by atoms with Crippen LogP contribution in [-0.4, -0.2) is 36.7 Å². The average molecular weight is 475 g/mol. The van der Waals surface area contributed by atoms with Gasteiger partial charge in [-0.3, -0.25) is 4.79 Å². The molecule has 1 amide bonds. The Hall–Kier alpha value is -3.19. The zero-order valence-electron chi connectivity index (χ0n) is 20.8. The van der Waals surface area contributed by atoms with Gasteiger partial charge in [-0.05, 0) is 66.5 Å². The minimum Gasteiger partial charge on any atom is -0.486 e. The monoisotopic (exact) mass is 474 g/mol. The lowest BCUT2D eigenvalue weighted by Gasteiger charge is -2.34. The lowest BCUT2D eigenvalue weighted by Crippen LogP contribution is -2.38. The van der Waals surface area contributed by atoms with Gasteiger partial charge in [-0.25, -0.2) is 0 Å². The van der Waals surface area contributed by atoms with Gasteiger partial charge < -0.3 is 19.3 Å². The van der Waals surface area contributed by atoms with Crippen molar-refractivity contribution in [3.63, 3.8) is 0 Å². The molecule has 2 aliphatic rings. The predicted molar refractivity (Wildman–Crippen MR) is 133 cm³/mol. The van der Waals surface area contributed by atoms with Crippen LogP contribution in [-0.2, 0) is 26.8 Å². The van der Waals surface area contributed by atoms with E-state index < -0.39 is 0 Å². The first-order chi connectivity index (χ1) is 16.9. The second kappa shape index (κ2) is 9.82. The second-order valence-corrected chi connectivity index (χ2v) is 10.1. The van der Waals surface area contributed by atoms with Crippen molar-refractivity contribution in [1.29, 1.82) is 0 Å². The number of hydrogen-bond donors (Lipinski definition) is 1. The molecule has 0 spiro atoms. The number of rotatable bonds is 7. The number of aromatic nitrogens is 3. The van der Waals surface area contributed by atoms with Crippen molar-refractivity contribution in [1.82, 2.24) is 19.7 Å². The van der Waals surface area contributed by atoms with Crippen LogP contribution in [0.2, 0.25) is 0 Å². The molecule has 1 aliphatic carbocycles. The van der Waals surface area contributed by atoms with Crippen LogP contribution < -0.4 is 4.74 Å². The van der Waals surface area contributed by atoms with Crippen molar-refractivity contribution in [3.05, 3.63) is 76.4 Å². The number of aliphatic hydroxyl groups excluding tert-OH is 1. The summed E-state index contributed by atoms with van der Waals surface area (Å²) in [4.78, 5) is 15.0. The molecule has 2 heterocycles. The van der Waals surface area contributed by atoms with E-state index in [-0.39, 0.29) is 18.6 Å². The van der Waals surface area contributed by atoms with Gasteiger partial charge in [-0.1, -0.05) is 38.1 Å². The maximum Gasteiger partial charge on any atom is 0.254 e. The quantitative estimate of drug-likeness (QED) is 0.537. The van der Waals surface area contributed by atoms with Crippen LogP contribution in [0.1, 0.15) is 90.1 Å². The molecule has 35 heavy (non-hydrogen) atoms. The van der Waals surface area contributed by atoms with E-state index in [9.17, 15) is 9.90 Å². The molecular formula is C28H34N4O3. The van der Waals surface area contributed by atoms with Gasteiger partial charge >= 0.3 is 0 Å². The van der Waals surface area contributed by atoms with Crippen LogP contribution >= 0.6 is 0 Å². The fourth-order valence-corrected chi connectivity index (χ4v) is 5.40. The van der Waals surface area contributed by atoms with Gasteiger partial charge in [0, 0.05) is 31.1 Å². The summed E-state index contributed by atoms with van der Waals surface area (Å²) in [7, 11) is 2.02. The number of hydrogen-bond acceptors (Lipinski definition) is 5. The summed E-state index contributed by atoms with van der Waals surface area (Å²) in [5.74, 6) is 3.58. The smallest absolute Gasteiger partial charge is 0.254 e. The van der Waals surface area contributed by atoms with E-state index in [4.69, 9.17) is 4.74 Å². The van der Waals surface area contributed by atoms with E-state index in [1.165, 1.54) is 5.56 Å². The van der Waals surface area contributed by atoms with Gasteiger partial charge in [0.25, 0.3) is 5.91 Å². The zero-order valence-corrected chi connectivity index (χ0v) is 20.8. The van der Waals surface area contributed by atoms with E-state index >= 15 is 0 Å². The highest BCUT2D eigenvalue weighted by atomic mass is 16.5. The van der Waals surface area contributed by atoms with Crippen LogP contribution in [0.3, 0.4) is 0 Å². The minimum atomic E-state index is 0.00163. The Morgan fingerprint density at radius 2 is 1.89 bits per heavy atom. The topological polar surface area (TPSA) is 80.5 Å². The molecule has 7 heteroatoms. The Kier molecular flexibility index (Phi) is 6.60. The van der Waals surface area contributed by atoms with Crippen LogP contribution in [0.15, 0.2) is 42.5 Å². The van der Waals surface area contributed by atoms with Crippen molar-refractivity contribution < 1.29 is 14.6 Å². The summed E-state index contributed by atoms with van der Waals surface area (Å²) < 4.78 is 8.10. The van der Waals surface area contributed by atoms with E-state index in [2.05, 4.69) is 40.7 Å². The summed E-state index contributed by atoms with van der Waals surface area (Å²) in [6, 6.07) is 14.1. The third-order valence-electron chi connectivity index (χ3n) is 7.58. The van der Waals surface area contributed by atoms with Crippen LogP contribution in [0.25, 0.3) is 0 Å². The van der Waals surface area contributed by atoms with Crippen molar-refractivity contribution in [2.75, 3.05) is 0 Å². The molecule has 2 aromatic carbocycles. The maximum atomic E-state index is 13.0. The largest absolute Gasteiger partial charge is 0.486 e. The lowest BCUT2D eigenvalue weighted by molar-refractivity contribution is 0.0650. The first kappa shape index (κ1) is 23.5. The van der Waals surface area contributed by atoms with Crippen molar-refractivity contribution in [3.8, 4) is 5.75 Å². The molecule has 1 aliphatic heterocycles. The highest BCUT2D eigenvalue weighted by molar-refractivity contribution is 5.98. The number of carbonyl (C=O) groups excluding carboxylic acids is 1. The Morgan fingerprint density at radius 1 is 1.09 bits per heavy atom. The Morgan fingerprint density at radius 3 is 2.63 bits per heavy atom. The summed E-state index contributed by atoms with van der Waals surface area (Å²) in [5.41, 5.74) is 3.92. The van der Waals surface area contributed by atoms with Crippen molar-refractivity contribution in [2.24, 2.45) is 7.05 Å². The fraction of sp³-hybridized carbons (Fsp3) is 0.464. The highest BCUT2D eigenvalue weighted by Crippen LogP contribution is 2.37. The molecule has 0 saturated heterocycles. The summed E-state index contributed by atoms with van der Waals surface area (Å²) in [6.45, 7) is 5.38. The van der Waals surface area contributed by atoms with Crippen molar-refractivity contribution in [2.45, 2.75) is 77.2 Å². The van der Waals surface area contributed by atoms with Crippen molar-refractivity contribution >= 4 is 5.91 Å². The molecule has 0 bridgehead atoms. The summed E-state index contributed by atoms with van der Waals surface area (Å²) in [6.07, 6.45) is 3.88. The number of amides is 1. The molecule has 0 unspecified atom stereocenters. The molecule has 7 nitrogen and oxygen atoms in total. The number of nitrogens with zero attached hydrogens (tertiary/aromatic N) is 4. The summed E-state index contributed by atoms with van der Waals surface area (Å²) in [5, 5.41) is 18.3. The molecule has 0 atom stereocenters. The number of aliphatic hydroxyl groups is 1. The normalized spacial score (nSPS) is 19.9. The first-order valence-corrected chi connectivity index (χ1v) is 12.6. The molecule has 0 radical (unpaired) electrons. The van der Waals surface area contributed by atoms with Crippen LogP contribution in [0.5, 0.6) is 5.75 Å². The minimum absolute atomic E-state index is 0.00163. The van der Waals surface area contributed by atoms with E-state index in [0.29, 0.717) is 25.0 Å². The Balaban J connectivity index is 1.19. The molecule has 5 rings (SSSR count). The SMILES string of the molecule is CC(C)c1cccc(OCc2nnc(C3CCC(N4Cc5cc(CO)ccc5C4=O)CC3)n2C)c1. The third kappa shape index (κ3) is 4.69. The third-order valence-corrected chi connectivity index (χ3v) is 7.58. The van der Waals surface area contributed by atoms with Gasteiger partial charge in [0.1, 0.15) is 18.2 Å². The maximum absolute atomic E-state index is 13.0. The molecule has 3 aromatic rings. The fourth-order valence-electron chi connectivity index (χ4n) is 5.40. The Bertz CT molecular complexity index is 1210. The number of fused-ring (bicyclic) bond motifs is 1. The highest BCUT2D eigenvalue weighted by Gasteiger charge is 2.36. The zero-order chi connectivity index (χ0) is 24.5. The molecule has 1 aromatic heterocycles. The second-order valence-electron chi connectivity index (χ2n) is 10.1. The number of ether oxygens (including phenoxy) is 1. The molecule has 1 saturated carbocycles.